The summed E-state index contributed by atoms with van der Waals surface area (Å²) in [7, 11) is 4.55. The highest BCUT2D eigenvalue weighted by Gasteiger charge is 2.23. The zero-order chi connectivity index (χ0) is 25.1. The molecule has 2 heterocycles. The van der Waals surface area contributed by atoms with Crippen LogP contribution in [-0.2, 0) is 0 Å². The molecule has 0 aliphatic carbocycles. The molecular formula is C28H23N3O4S. The summed E-state index contributed by atoms with van der Waals surface area (Å²) in [6.45, 7) is 0. The predicted molar refractivity (Wildman–Crippen MR) is 142 cm³/mol. The number of allylic oxidation sites excluding steroid dienone is 1. The maximum atomic E-state index is 13.9. The Morgan fingerprint density at radius 1 is 0.889 bits per heavy atom. The van der Waals surface area contributed by atoms with Gasteiger partial charge in [0.2, 0.25) is 5.75 Å². The number of carbonyl (C=O) groups excluding carboxylic acids is 1. The summed E-state index contributed by atoms with van der Waals surface area (Å²) in [5.41, 5.74) is 4.01. The van der Waals surface area contributed by atoms with Gasteiger partial charge in [0.15, 0.2) is 17.3 Å². The molecule has 0 fully saturated rings. The highest BCUT2D eigenvalue weighted by molar-refractivity contribution is 7.13. The Labute approximate surface area is 212 Å². The molecule has 0 saturated carbocycles. The van der Waals surface area contributed by atoms with Gasteiger partial charge in [-0.05, 0) is 30.3 Å². The average Bonchev–Trinajstić information content (AvgIpc) is 3.58. The van der Waals surface area contributed by atoms with E-state index in [1.807, 2.05) is 60.0 Å². The van der Waals surface area contributed by atoms with Crippen molar-refractivity contribution in [1.29, 1.82) is 0 Å². The SMILES string of the molecule is COc1cc(C(=O)/C(=C\c2csc(-c3ccccc3)n2)c2nc3ccccc3[nH]2)cc(OC)c1OC. The maximum absolute atomic E-state index is 13.9. The van der Waals surface area contributed by atoms with Crippen LogP contribution in [0.15, 0.2) is 72.1 Å². The van der Waals surface area contributed by atoms with E-state index >= 15 is 0 Å². The molecule has 8 heteroatoms. The fourth-order valence-electron chi connectivity index (χ4n) is 3.90. The summed E-state index contributed by atoms with van der Waals surface area (Å²) in [4.78, 5) is 26.6. The number of fused-ring (bicyclic) bond motifs is 1. The smallest absolute Gasteiger partial charge is 0.203 e. The molecule has 0 atom stereocenters. The number of Topliss-reactive ketones (excluding diaryl/α,β-unsaturated/α-hetero) is 1. The normalized spacial score (nSPS) is 11.5. The molecular weight excluding hydrogens is 474 g/mol. The van der Waals surface area contributed by atoms with Crippen LogP contribution in [0.2, 0.25) is 0 Å². The lowest BCUT2D eigenvalue weighted by Gasteiger charge is -2.14. The first kappa shape index (κ1) is 23.3. The number of aromatic amines is 1. The van der Waals surface area contributed by atoms with Gasteiger partial charge in [-0.15, -0.1) is 11.3 Å². The summed E-state index contributed by atoms with van der Waals surface area (Å²) in [5.74, 6) is 1.39. The summed E-state index contributed by atoms with van der Waals surface area (Å²) < 4.78 is 16.3. The van der Waals surface area contributed by atoms with Gasteiger partial charge in [-0.25, -0.2) is 9.97 Å². The number of benzene rings is 3. The molecule has 3 aromatic carbocycles. The summed E-state index contributed by atoms with van der Waals surface area (Å²) >= 11 is 1.52. The molecule has 36 heavy (non-hydrogen) atoms. The molecule has 0 aliphatic rings. The second-order valence-electron chi connectivity index (χ2n) is 7.85. The first-order valence-corrected chi connectivity index (χ1v) is 12.0. The molecule has 0 unspecified atom stereocenters. The molecule has 1 N–H and O–H groups in total. The van der Waals surface area contributed by atoms with Gasteiger partial charge in [0.05, 0.1) is 43.6 Å². The quantitative estimate of drug-likeness (QED) is 0.205. The van der Waals surface area contributed by atoms with Crippen LogP contribution in [0.25, 0.3) is 33.3 Å². The second kappa shape index (κ2) is 10.1. The maximum Gasteiger partial charge on any atom is 0.203 e. The van der Waals surface area contributed by atoms with Crippen molar-refractivity contribution in [3.63, 3.8) is 0 Å². The number of nitrogens with one attached hydrogen (secondary N) is 1. The van der Waals surface area contributed by atoms with Crippen LogP contribution in [0, 0.1) is 0 Å². The van der Waals surface area contributed by atoms with E-state index in [1.165, 1.54) is 32.7 Å². The highest BCUT2D eigenvalue weighted by atomic mass is 32.1. The second-order valence-corrected chi connectivity index (χ2v) is 8.71. The largest absolute Gasteiger partial charge is 0.493 e. The molecule has 7 nitrogen and oxygen atoms in total. The van der Waals surface area contributed by atoms with E-state index in [4.69, 9.17) is 19.2 Å². The Morgan fingerprint density at radius 2 is 1.58 bits per heavy atom. The molecule has 0 aliphatic heterocycles. The lowest BCUT2D eigenvalue weighted by atomic mass is 10.0. The van der Waals surface area contributed by atoms with Crippen molar-refractivity contribution in [3.05, 3.63) is 89.2 Å². The number of imidazole rings is 1. The van der Waals surface area contributed by atoms with E-state index < -0.39 is 0 Å². The molecule has 5 rings (SSSR count). The number of rotatable bonds is 8. The number of aromatic nitrogens is 3. The number of H-pyrrole nitrogens is 1. The summed E-state index contributed by atoms with van der Waals surface area (Å²) in [5, 5.41) is 2.79. The van der Waals surface area contributed by atoms with E-state index in [0.29, 0.717) is 39.9 Å². The van der Waals surface area contributed by atoms with Crippen LogP contribution >= 0.6 is 11.3 Å². The van der Waals surface area contributed by atoms with E-state index in [0.717, 1.165) is 21.6 Å². The van der Waals surface area contributed by atoms with E-state index in [1.54, 1.807) is 18.2 Å². The van der Waals surface area contributed by atoms with Crippen molar-refractivity contribution in [3.8, 4) is 27.8 Å². The van der Waals surface area contributed by atoms with Crippen LogP contribution in [0.3, 0.4) is 0 Å². The van der Waals surface area contributed by atoms with Crippen molar-refractivity contribution < 1.29 is 19.0 Å². The van der Waals surface area contributed by atoms with Gasteiger partial charge >= 0.3 is 0 Å². The Hall–Kier alpha value is -4.43. The summed E-state index contributed by atoms with van der Waals surface area (Å²) in [6.07, 6.45) is 1.76. The Balaban J connectivity index is 1.64. The van der Waals surface area contributed by atoms with Gasteiger partial charge < -0.3 is 19.2 Å². The molecule has 180 valence electrons. The fourth-order valence-corrected chi connectivity index (χ4v) is 4.69. The molecule has 0 saturated heterocycles. The number of hydrogen-bond acceptors (Lipinski definition) is 7. The minimum atomic E-state index is -0.262. The number of thiazole rings is 1. The molecule has 0 radical (unpaired) electrons. The monoisotopic (exact) mass is 497 g/mol. The highest BCUT2D eigenvalue weighted by Crippen LogP contribution is 2.39. The lowest BCUT2D eigenvalue weighted by Crippen LogP contribution is -2.06. The number of ketones is 1. The van der Waals surface area contributed by atoms with Crippen molar-refractivity contribution in [2.24, 2.45) is 0 Å². The standard InChI is InChI=1S/C28H23N3O4S/c1-33-23-13-18(14-24(34-2)26(23)35-3)25(32)20(27-30-21-11-7-8-12-22(21)31-27)15-19-16-36-28(29-19)17-9-5-4-6-10-17/h4-16H,1-3H3,(H,30,31)/b20-15+. The predicted octanol–water partition coefficient (Wildman–Crippen LogP) is 6.14. The zero-order valence-corrected chi connectivity index (χ0v) is 20.8. The van der Waals surface area contributed by atoms with Crippen molar-refractivity contribution in [1.82, 2.24) is 15.0 Å². The van der Waals surface area contributed by atoms with Crippen LogP contribution in [-0.4, -0.2) is 42.1 Å². The number of hydrogen-bond donors (Lipinski definition) is 1. The van der Waals surface area contributed by atoms with Crippen molar-refractivity contribution in [2.75, 3.05) is 21.3 Å². The van der Waals surface area contributed by atoms with Crippen molar-refractivity contribution >= 4 is 39.8 Å². The number of ether oxygens (including phenoxy) is 3. The van der Waals surface area contributed by atoms with Crippen LogP contribution in [0.4, 0.5) is 0 Å². The van der Waals surface area contributed by atoms with Gasteiger partial charge in [0, 0.05) is 16.5 Å². The third-order valence-electron chi connectivity index (χ3n) is 5.65. The number of nitrogens with zero attached hydrogens (tertiary/aromatic N) is 2. The van der Waals surface area contributed by atoms with Gasteiger partial charge in [-0.1, -0.05) is 42.5 Å². The third kappa shape index (κ3) is 4.46. The van der Waals surface area contributed by atoms with Gasteiger partial charge in [0.1, 0.15) is 10.8 Å². The molecule has 0 spiro atoms. The van der Waals surface area contributed by atoms with E-state index in [2.05, 4.69) is 9.97 Å². The minimum absolute atomic E-state index is 0.262. The van der Waals surface area contributed by atoms with Gasteiger partial charge in [0.25, 0.3) is 0 Å². The Morgan fingerprint density at radius 3 is 2.25 bits per heavy atom. The number of para-hydroxylation sites is 2. The van der Waals surface area contributed by atoms with E-state index in [-0.39, 0.29) is 5.78 Å². The molecule has 0 bridgehead atoms. The van der Waals surface area contributed by atoms with Gasteiger partial charge in [-0.3, -0.25) is 4.79 Å². The average molecular weight is 498 g/mol. The topological polar surface area (TPSA) is 86.3 Å². The molecule has 5 aromatic rings. The Bertz CT molecular complexity index is 1510. The van der Waals surface area contributed by atoms with Crippen LogP contribution in [0.5, 0.6) is 17.2 Å². The minimum Gasteiger partial charge on any atom is -0.493 e. The first-order chi connectivity index (χ1) is 17.6. The third-order valence-corrected chi connectivity index (χ3v) is 6.56. The lowest BCUT2D eigenvalue weighted by molar-refractivity contribution is 0.105. The molecule has 0 amide bonds. The first-order valence-electron chi connectivity index (χ1n) is 11.1. The Kier molecular flexibility index (Phi) is 6.51. The van der Waals surface area contributed by atoms with Crippen LogP contribution in [0.1, 0.15) is 21.9 Å². The zero-order valence-electron chi connectivity index (χ0n) is 19.9. The van der Waals surface area contributed by atoms with Gasteiger partial charge in [-0.2, -0.15) is 0 Å². The number of carbonyl (C=O) groups is 1. The van der Waals surface area contributed by atoms with Crippen molar-refractivity contribution in [2.45, 2.75) is 0 Å². The van der Waals surface area contributed by atoms with E-state index in [9.17, 15) is 4.79 Å². The molecule has 2 aromatic heterocycles. The number of methoxy groups -OCH3 is 3. The summed E-state index contributed by atoms with van der Waals surface area (Å²) in [6, 6.07) is 20.8. The fraction of sp³-hybridized carbons (Fsp3) is 0.107. The van der Waals surface area contributed by atoms with Crippen LogP contribution < -0.4 is 14.2 Å².